The van der Waals surface area contributed by atoms with Gasteiger partial charge in [0.05, 0.1) is 35.9 Å². The Morgan fingerprint density at radius 1 is 1.15 bits per heavy atom. The highest BCUT2D eigenvalue weighted by Gasteiger charge is 2.39. The molecule has 0 radical (unpaired) electrons. The zero-order chi connectivity index (χ0) is 24.2. The average Bonchev–Trinajstić information content (AvgIpc) is 2.96. The summed E-state index contributed by atoms with van der Waals surface area (Å²) in [5.74, 6) is 0.610. The molecule has 0 bridgehead atoms. The molecule has 1 saturated heterocycles. The molecule has 1 aliphatic rings. The van der Waals surface area contributed by atoms with E-state index in [9.17, 15) is 9.90 Å². The van der Waals surface area contributed by atoms with Crippen molar-refractivity contribution in [3.8, 4) is 5.75 Å². The summed E-state index contributed by atoms with van der Waals surface area (Å²) < 4.78 is 11.8. The lowest BCUT2D eigenvalue weighted by atomic mass is 9.88. The fraction of sp³-hybridized carbons (Fsp3) is 0.480. The molecule has 1 heterocycles. The summed E-state index contributed by atoms with van der Waals surface area (Å²) in [6.45, 7) is 8.04. The van der Waals surface area contributed by atoms with Crippen LogP contribution in [-0.4, -0.2) is 55.1 Å². The summed E-state index contributed by atoms with van der Waals surface area (Å²) in [4.78, 5) is 13.5. The Morgan fingerprint density at radius 3 is 2.42 bits per heavy atom. The second kappa shape index (κ2) is 11.0. The highest BCUT2D eigenvalue weighted by Crippen LogP contribution is 2.35. The van der Waals surface area contributed by atoms with E-state index in [1.54, 1.807) is 13.2 Å². The van der Waals surface area contributed by atoms with Gasteiger partial charge in [0.15, 0.2) is 0 Å². The van der Waals surface area contributed by atoms with Crippen molar-refractivity contribution in [3.05, 3.63) is 63.6 Å². The standard InChI is InChI=1S/C25H32Cl2N2O4/c1-25(2,3)23-15-29(24(30)31)14-19(17-7-10-20(26)21(27)11-17)22(33-23)13-28-12-16-5-8-18(32-4)9-6-16/h5-11,19,22-23,28H,12-15H2,1-4H3,(H,30,31)/t19-,22+,23-/m1/s1. The summed E-state index contributed by atoms with van der Waals surface area (Å²) >= 11 is 12.4. The lowest BCUT2D eigenvalue weighted by molar-refractivity contribution is -0.0648. The van der Waals surface area contributed by atoms with Crippen LogP contribution in [0.3, 0.4) is 0 Å². The summed E-state index contributed by atoms with van der Waals surface area (Å²) in [6.07, 6.45) is -1.46. The largest absolute Gasteiger partial charge is 0.497 e. The Labute approximate surface area is 205 Å². The van der Waals surface area contributed by atoms with Crippen molar-refractivity contribution in [1.29, 1.82) is 0 Å². The molecule has 0 unspecified atom stereocenters. The summed E-state index contributed by atoms with van der Waals surface area (Å²) in [5, 5.41) is 14.3. The molecule has 6 nitrogen and oxygen atoms in total. The molecule has 0 spiro atoms. The van der Waals surface area contributed by atoms with E-state index in [1.165, 1.54) is 4.90 Å². The number of hydrogen-bond donors (Lipinski definition) is 2. The number of carboxylic acid groups (broad SMARTS) is 1. The Bertz CT molecular complexity index is 946. The number of ether oxygens (including phenoxy) is 2. The van der Waals surface area contributed by atoms with E-state index < -0.39 is 6.09 Å². The van der Waals surface area contributed by atoms with Crippen LogP contribution in [0.25, 0.3) is 0 Å². The van der Waals surface area contributed by atoms with Gasteiger partial charge in [-0.05, 0) is 40.8 Å². The third kappa shape index (κ3) is 6.76. The monoisotopic (exact) mass is 494 g/mol. The molecule has 3 atom stereocenters. The van der Waals surface area contributed by atoms with Crippen LogP contribution in [0, 0.1) is 5.41 Å². The first kappa shape index (κ1) is 25.6. The number of benzene rings is 2. The minimum Gasteiger partial charge on any atom is -0.497 e. The van der Waals surface area contributed by atoms with E-state index >= 15 is 0 Å². The highest BCUT2D eigenvalue weighted by molar-refractivity contribution is 6.42. The van der Waals surface area contributed by atoms with Crippen molar-refractivity contribution in [2.24, 2.45) is 5.41 Å². The van der Waals surface area contributed by atoms with E-state index in [0.717, 1.165) is 16.9 Å². The minimum absolute atomic E-state index is 0.202. The number of carbonyl (C=O) groups is 1. The van der Waals surface area contributed by atoms with Crippen LogP contribution in [-0.2, 0) is 11.3 Å². The SMILES string of the molecule is COc1ccc(CNC[C@@H]2O[C@@H](C(C)(C)C)CN(C(=O)O)C[C@@H]2c2ccc(Cl)c(Cl)c2)cc1. The Hall–Kier alpha value is -1.99. The van der Waals surface area contributed by atoms with Gasteiger partial charge in [-0.3, -0.25) is 0 Å². The highest BCUT2D eigenvalue weighted by atomic mass is 35.5. The van der Waals surface area contributed by atoms with Crippen LogP contribution in [0.5, 0.6) is 5.75 Å². The number of halogens is 2. The Kier molecular flexibility index (Phi) is 8.51. The molecule has 180 valence electrons. The van der Waals surface area contributed by atoms with Crippen molar-refractivity contribution in [1.82, 2.24) is 10.2 Å². The third-order valence-corrected chi connectivity index (χ3v) is 6.77. The van der Waals surface area contributed by atoms with Crippen molar-refractivity contribution in [2.75, 3.05) is 26.7 Å². The van der Waals surface area contributed by atoms with Crippen LogP contribution in [0.4, 0.5) is 4.79 Å². The molecular weight excluding hydrogens is 463 g/mol. The lowest BCUT2D eigenvalue weighted by Crippen LogP contribution is -2.42. The summed E-state index contributed by atoms with van der Waals surface area (Å²) in [7, 11) is 1.64. The van der Waals surface area contributed by atoms with Crippen LogP contribution in [0.15, 0.2) is 42.5 Å². The first-order chi connectivity index (χ1) is 15.6. The van der Waals surface area contributed by atoms with Gasteiger partial charge in [0, 0.05) is 25.6 Å². The van der Waals surface area contributed by atoms with Gasteiger partial charge < -0.3 is 24.8 Å². The normalized spacial score (nSPS) is 21.5. The van der Waals surface area contributed by atoms with Crippen molar-refractivity contribution in [2.45, 2.75) is 45.4 Å². The van der Waals surface area contributed by atoms with Gasteiger partial charge in [-0.1, -0.05) is 62.2 Å². The van der Waals surface area contributed by atoms with Gasteiger partial charge in [-0.2, -0.15) is 0 Å². The minimum atomic E-state index is -0.954. The van der Waals surface area contributed by atoms with Gasteiger partial charge in [-0.25, -0.2) is 4.79 Å². The fourth-order valence-corrected chi connectivity index (χ4v) is 4.27. The molecule has 2 aromatic carbocycles. The lowest BCUT2D eigenvalue weighted by Gasteiger charge is -2.34. The zero-order valence-electron chi connectivity index (χ0n) is 19.5. The predicted octanol–water partition coefficient (Wildman–Crippen LogP) is 5.67. The molecular formula is C25H32Cl2N2O4. The van der Waals surface area contributed by atoms with E-state index in [4.69, 9.17) is 32.7 Å². The first-order valence-electron chi connectivity index (χ1n) is 11.0. The van der Waals surface area contributed by atoms with E-state index in [0.29, 0.717) is 36.2 Å². The van der Waals surface area contributed by atoms with Gasteiger partial charge in [0.25, 0.3) is 0 Å². The molecule has 2 aromatic rings. The zero-order valence-corrected chi connectivity index (χ0v) is 21.0. The molecule has 0 saturated carbocycles. The number of amides is 1. The number of rotatable bonds is 6. The maximum Gasteiger partial charge on any atom is 0.407 e. The van der Waals surface area contributed by atoms with Crippen molar-refractivity contribution < 1.29 is 19.4 Å². The Morgan fingerprint density at radius 2 is 1.85 bits per heavy atom. The van der Waals surface area contributed by atoms with Gasteiger partial charge in [0.1, 0.15) is 5.75 Å². The predicted molar refractivity (Wildman–Crippen MR) is 132 cm³/mol. The maximum absolute atomic E-state index is 12.0. The van der Waals surface area contributed by atoms with E-state index in [2.05, 4.69) is 26.1 Å². The molecule has 0 aliphatic carbocycles. The Balaban J connectivity index is 1.85. The second-order valence-electron chi connectivity index (χ2n) is 9.48. The molecule has 0 aromatic heterocycles. The van der Waals surface area contributed by atoms with E-state index in [1.807, 2.05) is 36.4 Å². The second-order valence-corrected chi connectivity index (χ2v) is 10.3. The summed E-state index contributed by atoms with van der Waals surface area (Å²) in [6, 6.07) is 13.3. The molecule has 1 aliphatic heterocycles. The molecule has 1 fully saturated rings. The van der Waals surface area contributed by atoms with Crippen LogP contribution in [0.1, 0.15) is 37.8 Å². The van der Waals surface area contributed by atoms with Crippen LogP contribution < -0.4 is 10.1 Å². The first-order valence-corrected chi connectivity index (χ1v) is 11.8. The van der Waals surface area contributed by atoms with Gasteiger partial charge in [-0.15, -0.1) is 0 Å². The molecule has 3 rings (SSSR count). The van der Waals surface area contributed by atoms with Crippen molar-refractivity contribution >= 4 is 29.3 Å². The van der Waals surface area contributed by atoms with Crippen LogP contribution in [0.2, 0.25) is 10.0 Å². The number of methoxy groups -OCH3 is 1. The molecule has 2 N–H and O–H groups in total. The summed E-state index contributed by atoms with van der Waals surface area (Å²) in [5.41, 5.74) is 1.80. The smallest absolute Gasteiger partial charge is 0.407 e. The maximum atomic E-state index is 12.0. The van der Waals surface area contributed by atoms with Gasteiger partial charge in [0.2, 0.25) is 0 Å². The average molecular weight is 495 g/mol. The molecule has 1 amide bonds. The number of nitrogens with zero attached hydrogens (tertiary/aromatic N) is 1. The molecule has 33 heavy (non-hydrogen) atoms. The fourth-order valence-electron chi connectivity index (χ4n) is 3.97. The van der Waals surface area contributed by atoms with Gasteiger partial charge >= 0.3 is 6.09 Å². The number of hydrogen-bond acceptors (Lipinski definition) is 4. The van der Waals surface area contributed by atoms with Crippen LogP contribution >= 0.6 is 23.2 Å². The van der Waals surface area contributed by atoms with Crippen molar-refractivity contribution in [3.63, 3.8) is 0 Å². The third-order valence-electron chi connectivity index (χ3n) is 6.03. The molecule has 8 heteroatoms. The topological polar surface area (TPSA) is 71.0 Å². The number of nitrogens with one attached hydrogen (secondary N) is 1. The van der Waals surface area contributed by atoms with E-state index in [-0.39, 0.29) is 23.5 Å². The quantitative estimate of drug-likeness (QED) is 0.541.